The molecule has 6 nitrogen and oxygen atoms in total. The molecule has 0 amide bonds. The number of ether oxygens (including phenoxy) is 1. The van der Waals surface area contributed by atoms with Crippen LogP contribution in [-0.2, 0) is 10.9 Å². The van der Waals surface area contributed by atoms with Gasteiger partial charge in [-0.05, 0) is 84.7 Å². The summed E-state index contributed by atoms with van der Waals surface area (Å²) in [5.41, 5.74) is 4.24. The van der Waals surface area contributed by atoms with Gasteiger partial charge in [0.1, 0.15) is 5.69 Å². The van der Waals surface area contributed by atoms with Crippen molar-refractivity contribution < 1.29 is 22.7 Å². The Morgan fingerprint density at radius 3 is 2.33 bits per heavy atom. The molecule has 2 aliphatic heterocycles. The molecule has 39 heavy (non-hydrogen) atoms. The Kier molecular flexibility index (Phi) is 6.46. The SMILES string of the molecule is COC(=O)c1cc(-c2ccc(C3CC4CCC3CN4)cc2)cc(-n2cc(-c3ccc(C(F)(F)F)cc3)nn2)c1. The Morgan fingerprint density at radius 1 is 0.974 bits per heavy atom. The Bertz CT molecular complexity index is 1490. The predicted molar refractivity (Wildman–Crippen MR) is 140 cm³/mol. The highest BCUT2D eigenvalue weighted by Crippen LogP contribution is 2.41. The van der Waals surface area contributed by atoms with E-state index in [9.17, 15) is 18.0 Å². The molecular formula is C30H27F3N4O2. The smallest absolute Gasteiger partial charge is 0.416 e. The second-order valence-corrected chi connectivity index (χ2v) is 10.3. The predicted octanol–water partition coefficient (Wildman–Crippen LogP) is 6.26. The van der Waals surface area contributed by atoms with Gasteiger partial charge in [0.25, 0.3) is 0 Å². The highest BCUT2D eigenvalue weighted by atomic mass is 19.4. The van der Waals surface area contributed by atoms with Gasteiger partial charge in [-0.25, -0.2) is 9.48 Å². The molecule has 200 valence electrons. The Balaban J connectivity index is 1.31. The van der Waals surface area contributed by atoms with E-state index < -0.39 is 17.7 Å². The van der Waals surface area contributed by atoms with E-state index in [-0.39, 0.29) is 0 Å². The molecule has 3 atom stereocenters. The molecule has 2 bridgehead atoms. The molecule has 2 saturated heterocycles. The Hall–Kier alpha value is -3.98. The van der Waals surface area contributed by atoms with Crippen LogP contribution in [0.1, 0.15) is 46.7 Å². The highest BCUT2D eigenvalue weighted by Gasteiger charge is 2.36. The zero-order chi connectivity index (χ0) is 27.1. The molecule has 4 aromatic rings. The fourth-order valence-corrected chi connectivity index (χ4v) is 5.81. The van der Waals surface area contributed by atoms with Crippen LogP contribution in [0.15, 0.2) is 72.9 Å². The van der Waals surface area contributed by atoms with Crippen molar-refractivity contribution in [2.45, 2.75) is 37.4 Å². The van der Waals surface area contributed by atoms with E-state index in [1.165, 1.54) is 48.8 Å². The number of benzene rings is 3. The number of halogens is 3. The van der Waals surface area contributed by atoms with Gasteiger partial charge < -0.3 is 10.1 Å². The molecule has 3 fully saturated rings. The number of carbonyl (C=O) groups is 1. The van der Waals surface area contributed by atoms with Crippen LogP contribution in [0.25, 0.3) is 28.1 Å². The number of esters is 1. The van der Waals surface area contributed by atoms with Gasteiger partial charge in [0.05, 0.1) is 30.1 Å². The normalized spacial score (nSPS) is 20.7. The number of hydrogen-bond donors (Lipinski definition) is 1. The van der Waals surface area contributed by atoms with Crippen molar-refractivity contribution in [1.82, 2.24) is 20.3 Å². The number of carbonyl (C=O) groups excluding carboxylic acids is 1. The average Bonchev–Trinajstić information content (AvgIpc) is 3.47. The van der Waals surface area contributed by atoms with E-state index in [1.807, 2.05) is 6.07 Å². The maximum Gasteiger partial charge on any atom is 0.416 e. The summed E-state index contributed by atoms with van der Waals surface area (Å²) < 4.78 is 45.3. The van der Waals surface area contributed by atoms with Gasteiger partial charge in [0.15, 0.2) is 0 Å². The quantitative estimate of drug-likeness (QED) is 0.307. The molecule has 0 radical (unpaired) electrons. The summed E-state index contributed by atoms with van der Waals surface area (Å²) in [6.07, 6.45) is 0.899. The number of alkyl halides is 3. The number of hydrogen-bond acceptors (Lipinski definition) is 5. The molecule has 1 aromatic heterocycles. The first-order valence-electron chi connectivity index (χ1n) is 13.0. The summed E-state index contributed by atoms with van der Waals surface area (Å²) in [7, 11) is 1.33. The number of nitrogens with one attached hydrogen (secondary N) is 1. The van der Waals surface area contributed by atoms with Crippen LogP contribution in [0.5, 0.6) is 0 Å². The number of rotatable bonds is 5. The van der Waals surface area contributed by atoms with Crippen molar-refractivity contribution in [1.29, 1.82) is 0 Å². The first-order chi connectivity index (χ1) is 18.8. The van der Waals surface area contributed by atoms with E-state index in [1.54, 1.807) is 18.3 Å². The van der Waals surface area contributed by atoms with Crippen molar-refractivity contribution in [3.05, 3.63) is 89.6 Å². The minimum absolute atomic E-state index is 0.358. The van der Waals surface area contributed by atoms with Gasteiger partial charge in [0, 0.05) is 11.6 Å². The fourth-order valence-electron chi connectivity index (χ4n) is 5.81. The zero-order valence-electron chi connectivity index (χ0n) is 21.3. The summed E-state index contributed by atoms with van der Waals surface area (Å²) >= 11 is 0. The van der Waals surface area contributed by atoms with Gasteiger partial charge >= 0.3 is 12.1 Å². The van der Waals surface area contributed by atoms with Gasteiger partial charge in [0.2, 0.25) is 0 Å². The van der Waals surface area contributed by atoms with Gasteiger partial charge in [-0.3, -0.25) is 0 Å². The van der Waals surface area contributed by atoms with Gasteiger partial charge in [-0.2, -0.15) is 13.2 Å². The monoisotopic (exact) mass is 532 g/mol. The lowest BCUT2D eigenvalue weighted by Crippen LogP contribution is -2.48. The van der Waals surface area contributed by atoms with Crippen LogP contribution in [-0.4, -0.2) is 40.7 Å². The van der Waals surface area contributed by atoms with Crippen LogP contribution in [0.3, 0.4) is 0 Å². The number of piperidine rings is 2. The molecule has 1 N–H and O–H groups in total. The summed E-state index contributed by atoms with van der Waals surface area (Å²) in [4.78, 5) is 12.5. The molecule has 3 aliphatic rings. The maximum absolute atomic E-state index is 12.9. The standard InChI is InChI=1S/C30H27F3N4O2/c1-39-29(38)23-12-22(18-2-4-19(5-3-18)27-15-25-11-8-21(27)16-34-25)13-26(14-23)37-17-28(35-36-37)20-6-9-24(10-7-20)30(31,32)33/h2-7,9-10,12-14,17,21,25,27,34H,8,11,15-16H2,1H3. The lowest BCUT2D eigenvalue weighted by Gasteiger charge is -2.43. The van der Waals surface area contributed by atoms with Gasteiger partial charge in [-0.1, -0.05) is 41.6 Å². The number of nitrogens with zero attached hydrogens (tertiary/aromatic N) is 3. The molecule has 7 rings (SSSR count). The maximum atomic E-state index is 12.9. The number of methoxy groups -OCH3 is 1. The van der Waals surface area contributed by atoms with Crippen molar-refractivity contribution >= 4 is 5.97 Å². The lowest BCUT2D eigenvalue weighted by molar-refractivity contribution is -0.137. The van der Waals surface area contributed by atoms with Crippen LogP contribution in [0.4, 0.5) is 13.2 Å². The fraction of sp³-hybridized carbons (Fsp3) is 0.300. The minimum Gasteiger partial charge on any atom is -0.465 e. The van der Waals surface area contributed by atoms with E-state index in [0.717, 1.165) is 29.8 Å². The molecular weight excluding hydrogens is 505 g/mol. The van der Waals surface area contributed by atoms with Crippen molar-refractivity contribution in [3.63, 3.8) is 0 Å². The first kappa shape index (κ1) is 25.3. The lowest BCUT2D eigenvalue weighted by atomic mass is 9.70. The zero-order valence-corrected chi connectivity index (χ0v) is 21.3. The average molecular weight is 533 g/mol. The molecule has 3 unspecified atom stereocenters. The van der Waals surface area contributed by atoms with E-state index >= 15 is 0 Å². The second-order valence-electron chi connectivity index (χ2n) is 10.3. The molecule has 3 heterocycles. The first-order valence-corrected chi connectivity index (χ1v) is 13.0. The summed E-state index contributed by atoms with van der Waals surface area (Å²) in [5, 5.41) is 11.9. The van der Waals surface area contributed by atoms with Crippen molar-refractivity contribution in [2.75, 3.05) is 13.7 Å². The Labute approximate surface area is 223 Å². The van der Waals surface area contributed by atoms with E-state index in [4.69, 9.17) is 4.74 Å². The molecule has 9 heteroatoms. The number of aromatic nitrogens is 3. The third kappa shape index (κ3) is 5.06. The van der Waals surface area contributed by atoms with Gasteiger partial charge in [-0.15, -0.1) is 5.10 Å². The molecule has 1 saturated carbocycles. The third-order valence-electron chi connectivity index (χ3n) is 7.94. The largest absolute Gasteiger partial charge is 0.465 e. The van der Waals surface area contributed by atoms with Crippen LogP contribution < -0.4 is 5.32 Å². The topological polar surface area (TPSA) is 69.0 Å². The molecule has 0 spiro atoms. The van der Waals surface area contributed by atoms with Crippen LogP contribution >= 0.6 is 0 Å². The van der Waals surface area contributed by atoms with E-state index in [2.05, 4.69) is 39.9 Å². The highest BCUT2D eigenvalue weighted by molar-refractivity contribution is 5.92. The summed E-state index contributed by atoms with van der Waals surface area (Å²) in [5.74, 6) is 0.750. The Morgan fingerprint density at radius 2 is 1.72 bits per heavy atom. The van der Waals surface area contributed by atoms with Crippen LogP contribution in [0, 0.1) is 5.92 Å². The van der Waals surface area contributed by atoms with Crippen molar-refractivity contribution in [3.8, 4) is 28.1 Å². The molecule has 3 aromatic carbocycles. The molecule has 1 aliphatic carbocycles. The summed E-state index contributed by atoms with van der Waals surface area (Å²) in [6.45, 7) is 1.08. The summed E-state index contributed by atoms with van der Waals surface area (Å²) in [6, 6.07) is 19.2. The van der Waals surface area contributed by atoms with Crippen LogP contribution in [0.2, 0.25) is 0 Å². The second kappa shape index (κ2) is 9.96. The third-order valence-corrected chi connectivity index (χ3v) is 7.94. The van der Waals surface area contributed by atoms with Crippen molar-refractivity contribution in [2.24, 2.45) is 5.92 Å². The van der Waals surface area contributed by atoms with E-state index in [0.29, 0.717) is 40.4 Å². The number of fused-ring (bicyclic) bond motifs is 3. The minimum atomic E-state index is -4.41.